The topological polar surface area (TPSA) is 56.5 Å². The number of ether oxygens (including phenoxy) is 1. The number of esters is 1. The molecule has 0 aliphatic rings. The van der Waals surface area contributed by atoms with Gasteiger partial charge >= 0.3 is 5.97 Å². The molecule has 0 radical (unpaired) electrons. The first-order valence-corrected chi connectivity index (χ1v) is 6.67. The molecule has 10 heteroatoms. The highest BCUT2D eigenvalue weighted by molar-refractivity contribution is 5.94. The van der Waals surface area contributed by atoms with Crippen molar-refractivity contribution in [1.29, 1.82) is 0 Å². The largest absolute Gasteiger partial charge is 0.463 e. The number of halogens is 6. The highest BCUT2D eigenvalue weighted by Crippen LogP contribution is 2.29. The third-order valence-corrected chi connectivity index (χ3v) is 3.32. The molecule has 3 rings (SSSR count). The lowest BCUT2D eigenvalue weighted by atomic mass is 10.1. The maximum atomic E-state index is 13.5. The average Bonchev–Trinajstić information content (AvgIpc) is 2.62. The second-order valence-electron chi connectivity index (χ2n) is 4.91. The number of carbonyl (C=O) groups excluding carboxylic acids is 1. The Morgan fingerprint density at radius 1 is 0.885 bits per heavy atom. The summed E-state index contributed by atoms with van der Waals surface area (Å²) in [6, 6.07) is 2.71. The van der Waals surface area contributed by atoms with Gasteiger partial charge in [-0.15, -0.1) is 0 Å². The first-order valence-electron chi connectivity index (χ1n) is 6.67. The van der Waals surface area contributed by atoms with E-state index in [1.165, 1.54) is 0 Å². The lowest BCUT2D eigenvalue weighted by molar-refractivity contribution is 0.0712. The molecule has 0 aliphatic carbocycles. The summed E-state index contributed by atoms with van der Waals surface area (Å²) < 4.78 is 88.4. The molecule has 0 N–H and O–H groups in total. The first-order chi connectivity index (χ1) is 12.2. The highest BCUT2D eigenvalue weighted by atomic mass is 19.2. The summed E-state index contributed by atoms with van der Waals surface area (Å²) in [5.74, 6) is -16.2. The number of rotatable bonds is 2. The van der Waals surface area contributed by atoms with E-state index in [0.717, 1.165) is 18.2 Å². The molecule has 1 aromatic heterocycles. The van der Waals surface area contributed by atoms with E-state index in [9.17, 15) is 35.9 Å². The molecule has 134 valence electrons. The fourth-order valence-corrected chi connectivity index (χ4v) is 2.07. The molecule has 1 heterocycles. The molecule has 3 aromatic rings. The number of carbonyl (C=O) groups is 1. The second-order valence-corrected chi connectivity index (χ2v) is 4.91. The second kappa shape index (κ2) is 6.21. The SMILES string of the molecule is O=C(Oc1c(F)c(F)c(F)c(F)c1F)c1coc2cc(F)ccc2c1=O. The fraction of sp³-hybridized carbons (Fsp3) is 0. The predicted octanol–water partition coefficient (Wildman–Crippen LogP) is 3.85. The van der Waals surface area contributed by atoms with Crippen LogP contribution in [0.5, 0.6) is 5.75 Å². The summed E-state index contributed by atoms with van der Waals surface area (Å²) in [4.78, 5) is 24.1. The van der Waals surface area contributed by atoms with Gasteiger partial charge in [-0.2, -0.15) is 8.78 Å². The molecule has 0 saturated carbocycles. The van der Waals surface area contributed by atoms with Crippen molar-refractivity contribution in [3.8, 4) is 5.75 Å². The zero-order valence-electron chi connectivity index (χ0n) is 12.2. The van der Waals surface area contributed by atoms with Gasteiger partial charge in [0, 0.05) is 6.07 Å². The van der Waals surface area contributed by atoms with E-state index in [0.29, 0.717) is 6.26 Å². The van der Waals surface area contributed by atoms with Gasteiger partial charge in [-0.3, -0.25) is 4.79 Å². The lowest BCUT2D eigenvalue weighted by Crippen LogP contribution is -2.21. The summed E-state index contributed by atoms with van der Waals surface area (Å²) in [6.45, 7) is 0. The molecule has 4 nitrogen and oxygen atoms in total. The molecule has 0 aliphatic heterocycles. The van der Waals surface area contributed by atoms with Crippen LogP contribution < -0.4 is 10.2 Å². The van der Waals surface area contributed by atoms with Crippen LogP contribution >= 0.6 is 0 Å². The van der Waals surface area contributed by atoms with E-state index in [-0.39, 0.29) is 11.0 Å². The van der Waals surface area contributed by atoms with Crippen molar-refractivity contribution >= 4 is 16.9 Å². The van der Waals surface area contributed by atoms with Crippen molar-refractivity contribution in [3.05, 3.63) is 75.2 Å². The van der Waals surface area contributed by atoms with Crippen LogP contribution in [0.25, 0.3) is 11.0 Å². The minimum Gasteiger partial charge on any atom is -0.463 e. The Morgan fingerprint density at radius 2 is 1.46 bits per heavy atom. The van der Waals surface area contributed by atoms with Crippen LogP contribution in [0.2, 0.25) is 0 Å². The molecular weight excluding hydrogens is 370 g/mol. The van der Waals surface area contributed by atoms with Gasteiger partial charge in [0.25, 0.3) is 0 Å². The van der Waals surface area contributed by atoms with Gasteiger partial charge in [-0.25, -0.2) is 22.4 Å². The molecule has 0 bridgehead atoms. The summed E-state index contributed by atoms with van der Waals surface area (Å²) in [5.41, 5.74) is -2.18. The van der Waals surface area contributed by atoms with Crippen molar-refractivity contribution in [3.63, 3.8) is 0 Å². The molecule has 26 heavy (non-hydrogen) atoms. The van der Waals surface area contributed by atoms with Gasteiger partial charge in [-0.05, 0) is 12.1 Å². The van der Waals surface area contributed by atoms with Gasteiger partial charge in [0.05, 0.1) is 5.39 Å². The lowest BCUT2D eigenvalue weighted by Gasteiger charge is -2.08. The summed E-state index contributed by atoms with van der Waals surface area (Å²) in [7, 11) is 0. The summed E-state index contributed by atoms with van der Waals surface area (Å²) in [6.07, 6.45) is 0.512. The van der Waals surface area contributed by atoms with E-state index in [2.05, 4.69) is 4.74 Å². The quantitative estimate of drug-likeness (QED) is 0.225. The van der Waals surface area contributed by atoms with Gasteiger partial charge in [0.2, 0.25) is 40.3 Å². The van der Waals surface area contributed by atoms with Crippen LogP contribution in [0.1, 0.15) is 10.4 Å². The predicted molar refractivity (Wildman–Crippen MR) is 73.6 cm³/mol. The normalized spacial score (nSPS) is 11.0. The monoisotopic (exact) mass is 374 g/mol. The molecule has 0 spiro atoms. The molecule has 0 unspecified atom stereocenters. The average molecular weight is 374 g/mol. The van der Waals surface area contributed by atoms with Crippen molar-refractivity contribution in [1.82, 2.24) is 0 Å². The van der Waals surface area contributed by atoms with Gasteiger partial charge < -0.3 is 9.15 Å². The van der Waals surface area contributed by atoms with Gasteiger partial charge in [0.15, 0.2) is 0 Å². The Balaban J connectivity index is 2.07. The van der Waals surface area contributed by atoms with Crippen LogP contribution in [0.15, 0.2) is 33.7 Å². The Labute approximate surface area is 139 Å². The van der Waals surface area contributed by atoms with Crippen molar-refractivity contribution in [2.75, 3.05) is 0 Å². The fourth-order valence-electron chi connectivity index (χ4n) is 2.07. The number of fused-ring (bicyclic) bond motifs is 1. The molecule has 0 fully saturated rings. The Morgan fingerprint density at radius 3 is 2.08 bits per heavy atom. The standard InChI is InChI=1S/C16H4F6O4/c17-5-1-2-6-8(3-5)25-4-7(14(6)23)16(24)26-15-12(21)10(19)9(18)11(20)13(15)22/h1-4H. The van der Waals surface area contributed by atoms with Crippen molar-refractivity contribution < 1.29 is 40.3 Å². The summed E-state index contributed by atoms with van der Waals surface area (Å²) >= 11 is 0. The minimum absolute atomic E-state index is 0.234. The van der Waals surface area contributed by atoms with E-state index < -0.39 is 57.6 Å². The van der Waals surface area contributed by atoms with Crippen molar-refractivity contribution in [2.24, 2.45) is 0 Å². The smallest absolute Gasteiger partial charge is 0.350 e. The van der Waals surface area contributed by atoms with E-state index in [1.54, 1.807) is 0 Å². The first kappa shape index (κ1) is 17.5. The minimum atomic E-state index is -2.44. The Kier molecular flexibility index (Phi) is 4.18. The van der Waals surface area contributed by atoms with Crippen LogP contribution in [0, 0.1) is 34.9 Å². The molecule has 0 saturated heterocycles. The number of hydrogen-bond acceptors (Lipinski definition) is 4. The van der Waals surface area contributed by atoms with Crippen LogP contribution in [-0.4, -0.2) is 5.97 Å². The van der Waals surface area contributed by atoms with Crippen molar-refractivity contribution in [2.45, 2.75) is 0 Å². The zero-order chi connectivity index (χ0) is 19.2. The van der Waals surface area contributed by atoms with E-state index in [4.69, 9.17) is 4.42 Å². The Hall–Kier alpha value is -3.30. The molecular formula is C16H4F6O4. The molecule has 2 aromatic carbocycles. The third-order valence-electron chi connectivity index (χ3n) is 3.32. The number of hydrogen-bond donors (Lipinski definition) is 0. The zero-order valence-corrected chi connectivity index (χ0v) is 12.2. The van der Waals surface area contributed by atoms with Crippen LogP contribution in [0.4, 0.5) is 26.3 Å². The summed E-state index contributed by atoms with van der Waals surface area (Å²) in [5, 5.41) is -0.265. The van der Waals surface area contributed by atoms with Gasteiger partial charge in [-0.1, -0.05) is 0 Å². The maximum absolute atomic E-state index is 13.5. The van der Waals surface area contributed by atoms with E-state index in [1.807, 2.05) is 0 Å². The maximum Gasteiger partial charge on any atom is 0.350 e. The molecule has 0 atom stereocenters. The Bertz CT molecular complexity index is 1090. The van der Waals surface area contributed by atoms with E-state index >= 15 is 0 Å². The third kappa shape index (κ3) is 2.68. The molecule has 0 amide bonds. The van der Waals surface area contributed by atoms with Gasteiger partial charge in [0.1, 0.15) is 23.2 Å². The van der Waals surface area contributed by atoms with Crippen LogP contribution in [0.3, 0.4) is 0 Å². The number of benzene rings is 2. The highest BCUT2D eigenvalue weighted by Gasteiger charge is 2.29. The van der Waals surface area contributed by atoms with Crippen LogP contribution in [-0.2, 0) is 0 Å².